The maximum Gasteiger partial charge on any atom is 0.133 e. The van der Waals surface area contributed by atoms with Crippen LogP contribution in [0.15, 0.2) is 66.9 Å². The lowest BCUT2D eigenvalue weighted by molar-refractivity contribution is 0.414. The molecule has 0 aliphatic heterocycles. The molecule has 0 aliphatic rings. The third-order valence-corrected chi connectivity index (χ3v) is 3.30. The Labute approximate surface area is 124 Å². The van der Waals surface area contributed by atoms with Gasteiger partial charge in [-0.15, -0.1) is 0 Å². The molecule has 3 heteroatoms. The molecule has 0 N–H and O–H groups in total. The van der Waals surface area contributed by atoms with Crippen molar-refractivity contribution in [2.45, 2.75) is 6.42 Å². The van der Waals surface area contributed by atoms with E-state index in [0.29, 0.717) is 6.42 Å². The van der Waals surface area contributed by atoms with E-state index in [1.54, 1.807) is 7.11 Å². The Hall–Kier alpha value is -2.68. The van der Waals surface area contributed by atoms with Gasteiger partial charge in [0.15, 0.2) is 0 Å². The van der Waals surface area contributed by atoms with E-state index in [4.69, 9.17) is 4.74 Å². The lowest BCUT2D eigenvalue weighted by atomic mass is 10.1. The molecule has 0 radical (unpaired) electrons. The first kappa shape index (κ1) is 13.3. The standard InChI is InChI=1S/C18H16N2O/c1-21-16-9-7-14(8-10-16)13-18-19-12-11-17(20-18)15-5-3-2-4-6-15/h2-12H,13H2,1H3. The van der Waals surface area contributed by atoms with E-state index in [9.17, 15) is 0 Å². The van der Waals surface area contributed by atoms with Crippen LogP contribution in [0.1, 0.15) is 11.4 Å². The molecule has 3 nitrogen and oxygen atoms in total. The number of rotatable bonds is 4. The minimum absolute atomic E-state index is 0.713. The molecule has 2 aromatic carbocycles. The lowest BCUT2D eigenvalue weighted by Gasteiger charge is -2.05. The van der Waals surface area contributed by atoms with Gasteiger partial charge in [0.2, 0.25) is 0 Å². The average molecular weight is 276 g/mol. The van der Waals surface area contributed by atoms with E-state index < -0.39 is 0 Å². The van der Waals surface area contributed by atoms with Crippen LogP contribution in [0.3, 0.4) is 0 Å². The summed E-state index contributed by atoms with van der Waals surface area (Å²) in [6.07, 6.45) is 2.53. The molecule has 0 fully saturated rings. The zero-order chi connectivity index (χ0) is 14.5. The summed E-state index contributed by atoms with van der Waals surface area (Å²) in [5, 5.41) is 0. The van der Waals surface area contributed by atoms with Crippen LogP contribution >= 0.6 is 0 Å². The molecule has 1 aromatic heterocycles. The van der Waals surface area contributed by atoms with Crippen LogP contribution in [0, 0.1) is 0 Å². The molecule has 0 amide bonds. The highest BCUT2D eigenvalue weighted by Crippen LogP contribution is 2.17. The van der Waals surface area contributed by atoms with Crippen LogP contribution in [-0.2, 0) is 6.42 Å². The Balaban J connectivity index is 1.83. The molecule has 0 unspecified atom stereocenters. The zero-order valence-corrected chi connectivity index (χ0v) is 11.9. The van der Waals surface area contributed by atoms with E-state index >= 15 is 0 Å². The second-order valence-corrected chi connectivity index (χ2v) is 4.75. The van der Waals surface area contributed by atoms with Gasteiger partial charge >= 0.3 is 0 Å². The van der Waals surface area contributed by atoms with E-state index in [0.717, 1.165) is 22.8 Å². The Morgan fingerprint density at radius 3 is 2.38 bits per heavy atom. The van der Waals surface area contributed by atoms with Gasteiger partial charge in [0.1, 0.15) is 11.6 Å². The highest BCUT2D eigenvalue weighted by molar-refractivity contribution is 5.58. The summed E-state index contributed by atoms with van der Waals surface area (Å²) in [6.45, 7) is 0. The van der Waals surface area contributed by atoms with Crippen molar-refractivity contribution in [2.75, 3.05) is 7.11 Å². The van der Waals surface area contributed by atoms with Crippen LogP contribution in [0.25, 0.3) is 11.3 Å². The van der Waals surface area contributed by atoms with Gasteiger partial charge in [-0.2, -0.15) is 0 Å². The van der Waals surface area contributed by atoms with Crippen molar-refractivity contribution < 1.29 is 4.74 Å². The summed E-state index contributed by atoms with van der Waals surface area (Å²) in [4.78, 5) is 9.00. The Morgan fingerprint density at radius 1 is 0.905 bits per heavy atom. The summed E-state index contributed by atoms with van der Waals surface area (Å²) in [6, 6.07) is 20.1. The van der Waals surface area contributed by atoms with Crippen molar-refractivity contribution in [1.82, 2.24) is 9.97 Å². The normalized spacial score (nSPS) is 10.3. The number of benzene rings is 2. The van der Waals surface area contributed by atoms with Crippen molar-refractivity contribution >= 4 is 0 Å². The van der Waals surface area contributed by atoms with Gasteiger partial charge < -0.3 is 4.74 Å². The molecule has 21 heavy (non-hydrogen) atoms. The summed E-state index contributed by atoms with van der Waals surface area (Å²) < 4.78 is 5.17. The van der Waals surface area contributed by atoms with Crippen LogP contribution in [-0.4, -0.2) is 17.1 Å². The van der Waals surface area contributed by atoms with Gasteiger partial charge in [-0.05, 0) is 23.8 Å². The predicted molar refractivity (Wildman–Crippen MR) is 83.3 cm³/mol. The highest BCUT2D eigenvalue weighted by atomic mass is 16.5. The highest BCUT2D eigenvalue weighted by Gasteiger charge is 2.03. The van der Waals surface area contributed by atoms with Crippen molar-refractivity contribution in [2.24, 2.45) is 0 Å². The Bertz CT molecular complexity index is 709. The second-order valence-electron chi connectivity index (χ2n) is 4.75. The number of ether oxygens (including phenoxy) is 1. The van der Waals surface area contributed by atoms with Gasteiger partial charge in [0, 0.05) is 18.2 Å². The number of aromatic nitrogens is 2. The fourth-order valence-electron chi connectivity index (χ4n) is 2.18. The second kappa shape index (κ2) is 6.18. The quantitative estimate of drug-likeness (QED) is 0.728. The number of hydrogen-bond acceptors (Lipinski definition) is 3. The molecule has 3 aromatic rings. The van der Waals surface area contributed by atoms with Gasteiger partial charge in [-0.3, -0.25) is 0 Å². The Kier molecular flexibility index (Phi) is 3.92. The van der Waals surface area contributed by atoms with Gasteiger partial charge in [0.05, 0.1) is 12.8 Å². The number of hydrogen-bond donors (Lipinski definition) is 0. The summed E-state index contributed by atoms with van der Waals surface area (Å²) in [7, 11) is 1.67. The smallest absolute Gasteiger partial charge is 0.133 e. The zero-order valence-electron chi connectivity index (χ0n) is 11.9. The van der Waals surface area contributed by atoms with E-state index in [-0.39, 0.29) is 0 Å². The molecule has 3 rings (SSSR count). The molecular formula is C18H16N2O. The minimum Gasteiger partial charge on any atom is -0.497 e. The SMILES string of the molecule is COc1ccc(Cc2nccc(-c3ccccc3)n2)cc1. The first-order valence-electron chi connectivity index (χ1n) is 6.85. The van der Waals surface area contributed by atoms with Gasteiger partial charge in [-0.25, -0.2) is 9.97 Å². The van der Waals surface area contributed by atoms with Crippen molar-refractivity contribution in [3.63, 3.8) is 0 Å². The van der Waals surface area contributed by atoms with Crippen LogP contribution in [0.4, 0.5) is 0 Å². The van der Waals surface area contributed by atoms with Crippen LogP contribution in [0.2, 0.25) is 0 Å². The molecule has 0 bridgehead atoms. The third-order valence-electron chi connectivity index (χ3n) is 3.30. The average Bonchev–Trinajstić information content (AvgIpc) is 2.57. The molecule has 0 atom stereocenters. The van der Waals surface area contributed by atoms with Crippen LogP contribution in [0.5, 0.6) is 5.75 Å². The van der Waals surface area contributed by atoms with Crippen molar-refractivity contribution in [1.29, 1.82) is 0 Å². The fraction of sp³-hybridized carbons (Fsp3) is 0.111. The first-order valence-corrected chi connectivity index (χ1v) is 6.85. The number of methoxy groups -OCH3 is 1. The molecule has 0 saturated carbocycles. The molecular weight excluding hydrogens is 260 g/mol. The summed E-state index contributed by atoms with van der Waals surface area (Å²) >= 11 is 0. The maximum absolute atomic E-state index is 5.17. The van der Waals surface area contributed by atoms with E-state index in [1.165, 1.54) is 5.56 Å². The summed E-state index contributed by atoms with van der Waals surface area (Å²) in [5.74, 6) is 1.68. The summed E-state index contributed by atoms with van der Waals surface area (Å²) in [5.41, 5.74) is 3.23. The predicted octanol–water partition coefficient (Wildman–Crippen LogP) is 3.74. The Morgan fingerprint density at radius 2 is 1.67 bits per heavy atom. The van der Waals surface area contributed by atoms with Crippen LogP contribution < -0.4 is 4.74 Å². The topological polar surface area (TPSA) is 35.0 Å². The lowest BCUT2D eigenvalue weighted by Crippen LogP contribution is -1.97. The minimum atomic E-state index is 0.713. The molecule has 1 heterocycles. The molecule has 104 valence electrons. The van der Waals surface area contributed by atoms with Crippen molar-refractivity contribution in [3.8, 4) is 17.0 Å². The van der Waals surface area contributed by atoms with Gasteiger partial charge in [0.25, 0.3) is 0 Å². The van der Waals surface area contributed by atoms with Gasteiger partial charge in [-0.1, -0.05) is 42.5 Å². The van der Waals surface area contributed by atoms with Crippen molar-refractivity contribution in [3.05, 3.63) is 78.2 Å². The third kappa shape index (κ3) is 3.26. The van der Waals surface area contributed by atoms with E-state index in [1.807, 2.05) is 54.7 Å². The number of nitrogens with zero attached hydrogens (tertiary/aromatic N) is 2. The molecule has 0 spiro atoms. The largest absolute Gasteiger partial charge is 0.497 e. The monoisotopic (exact) mass is 276 g/mol. The first-order chi connectivity index (χ1) is 10.3. The molecule has 0 aliphatic carbocycles. The maximum atomic E-state index is 5.17. The van der Waals surface area contributed by atoms with E-state index in [2.05, 4.69) is 22.1 Å². The fourth-order valence-corrected chi connectivity index (χ4v) is 2.18. The molecule has 0 saturated heterocycles.